The molecule has 1 N–H and O–H groups in total. The van der Waals surface area contributed by atoms with Gasteiger partial charge in [0.15, 0.2) is 0 Å². The average molecular weight is 536 g/mol. The third-order valence-corrected chi connectivity index (χ3v) is 11.3. The van der Waals surface area contributed by atoms with Crippen LogP contribution < -0.4 is 10.2 Å². The van der Waals surface area contributed by atoms with E-state index in [2.05, 4.69) is 109 Å². The second-order valence-electron chi connectivity index (χ2n) is 13.5. The van der Waals surface area contributed by atoms with E-state index in [0.717, 1.165) is 30.5 Å². The van der Waals surface area contributed by atoms with Crippen LogP contribution in [0.1, 0.15) is 58.4 Å². The number of amides is 1. The molecule has 208 valence electrons. The molecule has 40 heavy (non-hydrogen) atoms. The lowest BCUT2D eigenvalue weighted by Gasteiger charge is -2.60. The summed E-state index contributed by atoms with van der Waals surface area (Å²) in [6, 6.07) is 21.3. The fraction of sp³-hybridized carbons (Fsp3) is 0.486. The summed E-state index contributed by atoms with van der Waals surface area (Å²) in [5.41, 5.74) is 1.65. The van der Waals surface area contributed by atoms with Crippen LogP contribution in [-0.2, 0) is 15.3 Å². The number of hydrogen-bond acceptors (Lipinski definition) is 4. The standard InChI is InChI=1S/C35H41N3O2/c1-24-20-30-34(3,17-15-31(39)37-30)28-14-16-33(2)22-27(21-29(33)32(24)28)40-35(25-10-6-4-7-11-25)23-36-18-19-38(35)26-12-8-5-9-13-26/h4-13,15,17-19,23-24,27-30,32H,14,16,20-22H2,1-3H3,(H,37,39)/t24?,27?,28-,29+,30?,32-,33-,34-,35?/m1/s1. The maximum absolute atomic E-state index is 12.2. The van der Waals surface area contributed by atoms with Gasteiger partial charge in [0.25, 0.3) is 0 Å². The monoisotopic (exact) mass is 535 g/mol. The lowest BCUT2D eigenvalue weighted by Crippen LogP contribution is -2.61. The first-order valence-electron chi connectivity index (χ1n) is 15.1. The zero-order valence-electron chi connectivity index (χ0n) is 23.9. The molecule has 0 bridgehead atoms. The van der Waals surface area contributed by atoms with Crippen molar-refractivity contribution in [3.05, 3.63) is 90.8 Å². The van der Waals surface area contributed by atoms with Gasteiger partial charge in [0.1, 0.15) is 0 Å². The van der Waals surface area contributed by atoms with E-state index in [-0.39, 0.29) is 28.9 Å². The fourth-order valence-electron chi connectivity index (χ4n) is 9.36. The Kier molecular flexibility index (Phi) is 6.08. The van der Waals surface area contributed by atoms with Gasteiger partial charge in [-0.3, -0.25) is 9.79 Å². The van der Waals surface area contributed by atoms with Crippen molar-refractivity contribution in [2.75, 3.05) is 4.90 Å². The Bertz CT molecular complexity index is 1360. The summed E-state index contributed by atoms with van der Waals surface area (Å²) in [6.07, 6.45) is 15.7. The van der Waals surface area contributed by atoms with Crippen molar-refractivity contribution in [2.24, 2.45) is 39.5 Å². The van der Waals surface area contributed by atoms with E-state index in [1.807, 2.05) is 12.4 Å². The van der Waals surface area contributed by atoms with Crippen molar-refractivity contribution in [1.29, 1.82) is 0 Å². The SMILES string of the molecule is CC1CC2NC(=O)C=C[C@]2(C)[C@@H]2CC[C@]3(C)CC(OC4(c5ccccc5)C=NC=CN4c4ccccc4)C[C@H]3[C@H]12. The van der Waals surface area contributed by atoms with E-state index in [4.69, 9.17) is 4.74 Å². The third kappa shape index (κ3) is 3.92. The predicted octanol–water partition coefficient (Wildman–Crippen LogP) is 6.83. The van der Waals surface area contributed by atoms with Gasteiger partial charge in [-0.1, -0.05) is 75.4 Å². The zero-order chi connectivity index (χ0) is 27.5. The van der Waals surface area contributed by atoms with Gasteiger partial charge in [-0.2, -0.15) is 0 Å². The van der Waals surface area contributed by atoms with Crippen LogP contribution in [0.15, 0.2) is 90.2 Å². The molecule has 1 amide bonds. The summed E-state index contributed by atoms with van der Waals surface area (Å²) in [6.45, 7) is 7.36. The Hall–Kier alpha value is -3.18. The number of rotatable bonds is 4. The maximum atomic E-state index is 12.2. The van der Waals surface area contributed by atoms with E-state index in [1.54, 1.807) is 6.08 Å². The van der Waals surface area contributed by atoms with Gasteiger partial charge >= 0.3 is 0 Å². The molecule has 2 aromatic rings. The topological polar surface area (TPSA) is 53.9 Å². The van der Waals surface area contributed by atoms with Crippen LogP contribution in [0.4, 0.5) is 5.69 Å². The number of aliphatic imine (C=N–C) groups is 1. The molecular formula is C35H41N3O2. The zero-order valence-corrected chi connectivity index (χ0v) is 23.9. The molecule has 3 fully saturated rings. The number of carbonyl (C=O) groups is 1. The summed E-state index contributed by atoms with van der Waals surface area (Å²) in [4.78, 5) is 19.1. The highest BCUT2D eigenvalue weighted by Gasteiger charge is 2.61. The summed E-state index contributed by atoms with van der Waals surface area (Å²) >= 11 is 0. The van der Waals surface area contributed by atoms with Crippen LogP contribution >= 0.6 is 0 Å². The van der Waals surface area contributed by atoms with Crippen molar-refractivity contribution < 1.29 is 9.53 Å². The molecule has 0 aromatic heterocycles. The smallest absolute Gasteiger partial charge is 0.243 e. The molecule has 3 aliphatic carbocycles. The van der Waals surface area contributed by atoms with Crippen LogP contribution in [0.3, 0.4) is 0 Å². The number of carbonyl (C=O) groups excluding carboxylic acids is 1. The van der Waals surface area contributed by atoms with E-state index < -0.39 is 5.72 Å². The second kappa shape index (κ2) is 9.44. The van der Waals surface area contributed by atoms with Gasteiger partial charge in [0.2, 0.25) is 11.6 Å². The number of anilines is 1. The van der Waals surface area contributed by atoms with Gasteiger partial charge in [0.05, 0.1) is 12.3 Å². The molecule has 9 atom stereocenters. The van der Waals surface area contributed by atoms with Crippen LogP contribution in [0.25, 0.3) is 0 Å². The Balaban J connectivity index is 1.23. The molecule has 4 unspecified atom stereocenters. The van der Waals surface area contributed by atoms with Gasteiger partial charge in [-0.15, -0.1) is 0 Å². The van der Waals surface area contributed by atoms with E-state index >= 15 is 0 Å². The molecule has 5 nitrogen and oxygen atoms in total. The van der Waals surface area contributed by atoms with Crippen molar-refractivity contribution >= 4 is 17.8 Å². The maximum Gasteiger partial charge on any atom is 0.243 e. The summed E-state index contributed by atoms with van der Waals surface area (Å²) in [7, 11) is 0. The molecule has 7 rings (SSSR count). The molecule has 2 aliphatic heterocycles. The molecule has 0 radical (unpaired) electrons. The van der Waals surface area contributed by atoms with Gasteiger partial charge in [0, 0.05) is 35.1 Å². The normalized spacial score (nSPS) is 41.7. The molecule has 2 heterocycles. The van der Waals surface area contributed by atoms with Crippen LogP contribution in [-0.4, -0.2) is 24.3 Å². The average Bonchev–Trinajstić information content (AvgIpc) is 3.30. The van der Waals surface area contributed by atoms with Crippen molar-refractivity contribution in [3.8, 4) is 0 Å². The lowest BCUT2D eigenvalue weighted by molar-refractivity contribution is -0.124. The number of nitrogens with zero attached hydrogens (tertiary/aromatic N) is 2. The highest BCUT2D eigenvalue weighted by molar-refractivity contribution is 5.89. The third-order valence-electron chi connectivity index (χ3n) is 11.3. The molecular weight excluding hydrogens is 494 g/mol. The van der Waals surface area contributed by atoms with Gasteiger partial charge in [-0.05, 0) is 79.4 Å². The number of benzene rings is 2. The highest BCUT2D eigenvalue weighted by Crippen LogP contribution is 2.65. The van der Waals surface area contributed by atoms with Crippen molar-refractivity contribution in [1.82, 2.24) is 5.32 Å². The number of hydrogen-bond donors (Lipinski definition) is 1. The number of ether oxygens (including phenoxy) is 1. The number of para-hydroxylation sites is 1. The van der Waals surface area contributed by atoms with Gasteiger partial charge in [-0.25, -0.2) is 0 Å². The first-order chi connectivity index (χ1) is 19.3. The Morgan fingerprint density at radius 3 is 2.52 bits per heavy atom. The summed E-state index contributed by atoms with van der Waals surface area (Å²) in [5.74, 6) is 2.45. The summed E-state index contributed by atoms with van der Waals surface area (Å²) in [5, 5.41) is 3.32. The molecule has 0 spiro atoms. The lowest BCUT2D eigenvalue weighted by atomic mass is 9.46. The van der Waals surface area contributed by atoms with Crippen LogP contribution in [0, 0.1) is 34.5 Å². The van der Waals surface area contributed by atoms with Crippen molar-refractivity contribution in [2.45, 2.75) is 70.7 Å². The van der Waals surface area contributed by atoms with E-state index in [1.165, 1.54) is 12.8 Å². The Morgan fingerprint density at radius 2 is 1.75 bits per heavy atom. The van der Waals surface area contributed by atoms with Crippen molar-refractivity contribution in [3.63, 3.8) is 0 Å². The minimum Gasteiger partial charge on any atom is -0.349 e. The van der Waals surface area contributed by atoms with Crippen LogP contribution in [0.5, 0.6) is 0 Å². The number of nitrogens with one attached hydrogen (secondary N) is 1. The van der Waals surface area contributed by atoms with Gasteiger partial charge < -0.3 is 15.0 Å². The molecule has 2 aromatic carbocycles. The van der Waals surface area contributed by atoms with Crippen LogP contribution in [0.2, 0.25) is 0 Å². The fourth-order valence-corrected chi connectivity index (χ4v) is 9.36. The largest absolute Gasteiger partial charge is 0.349 e. The minimum atomic E-state index is -0.809. The Morgan fingerprint density at radius 1 is 1.00 bits per heavy atom. The summed E-state index contributed by atoms with van der Waals surface area (Å²) < 4.78 is 7.37. The number of fused-ring (bicyclic) bond motifs is 5. The first kappa shape index (κ1) is 25.8. The predicted molar refractivity (Wildman–Crippen MR) is 160 cm³/mol. The Labute approximate surface area is 238 Å². The first-order valence-corrected chi connectivity index (χ1v) is 15.1. The minimum absolute atomic E-state index is 0.0293. The molecule has 3 saturated carbocycles. The van der Waals surface area contributed by atoms with E-state index in [9.17, 15) is 4.79 Å². The molecule has 0 saturated heterocycles. The molecule has 5 aliphatic rings. The highest BCUT2D eigenvalue weighted by atomic mass is 16.5. The quantitative estimate of drug-likeness (QED) is 0.467. The van der Waals surface area contributed by atoms with E-state index in [0.29, 0.717) is 23.7 Å². The molecule has 5 heteroatoms. The second-order valence-corrected chi connectivity index (χ2v) is 13.5.